The highest BCUT2D eigenvalue weighted by atomic mass is 16.2. The molecule has 0 aliphatic carbocycles. The van der Waals surface area contributed by atoms with Gasteiger partial charge < -0.3 is 4.90 Å². The number of hydrogen-bond donors (Lipinski definition) is 1. The predicted octanol–water partition coefficient (Wildman–Crippen LogP) is 2.55. The van der Waals surface area contributed by atoms with Crippen LogP contribution in [0, 0.1) is 5.41 Å². The first kappa shape index (κ1) is 13.1. The SMILES string of the molecule is CC(C)(C)CCN1CNC(c2ccccc2)C1=O. The molecule has 1 aliphatic heterocycles. The lowest BCUT2D eigenvalue weighted by molar-refractivity contribution is -0.129. The molecule has 1 amide bonds. The van der Waals surface area contributed by atoms with Gasteiger partial charge in [0.1, 0.15) is 6.04 Å². The summed E-state index contributed by atoms with van der Waals surface area (Å²) in [6.45, 7) is 8.11. The van der Waals surface area contributed by atoms with Crippen molar-refractivity contribution >= 4 is 5.91 Å². The van der Waals surface area contributed by atoms with Crippen molar-refractivity contribution in [1.82, 2.24) is 10.2 Å². The Balaban J connectivity index is 1.98. The van der Waals surface area contributed by atoms with E-state index in [0.717, 1.165) is 18.5 Å². The minimum absolute atomic E-state index is 0.161. The van der Waals surface area contributed by atoms with Crippen LogP contribution in [0.3, 0.4) is 0 Å². The number of nitrogens with one attached hydrogen (secondary N) is 1. The molecule has 1 saturated heterocycles. The third kappa shape index (κ3) is 3.10. The molecule has 18 heavy (non-hydrogen) atoms. The average Bonchev–Trinajstić information content (AvgIpc) is 2.68. The highest BCUT2D eigenvalue weighted by Crippen LogP contribution is 2.23. The Labute approximate surface area is 109 Å². The summed E-state index contributed by atoms with van der Waals surface area (Å²) in [5.41, 5.74) is 1.33. The van der Waals surface area contributed by atoms with Gasteiger partial charge in [0.15, 0.2) is 0 Å². The molecule has 3 nitrogen and oxygen atoms in total. The van der Waals surface area contributed by atoms with E-state index in [4.69, 9.17) is 0 Å². The minimum atomic E-state index is -0.161. The van der Waals surface area contributed by atoms with E-state index in [1.807, 2.05) is 35.2 Å². The lowest BCUT2D eigenvalue weighted by Crippen LogP contribution is -2.30. The second-order valence-corrected chi connectivity index (χ2v) is 6.12. The van der Waals surface area contributed by atoms with Crippen LogP contribution in [-0.2, 0) is 4.79 Å². The van der Waals surface area contributed by atoms with Gasteiger partial charge in [-0.3, -0.25) is 10.1 Å². The van der Waals surface area contributed by atoms with Crippen LogP contribution in [-0.4, -0.2) is 24.0 Å². The molecule has 1 unspecified atom stereocenters. The molecule has 2 rings (SSSR count). The Morgan fingerprint density at radius 1 is 1.28 bits per heavy atom. The van der Waals surface area contributed by atoms with Gasteiger partial charge in [-0.2, -0.15) is 0 Å². The van der Waals surface area contributed by atoms with Crippen LogP contribution in [0.5, 0.6) is 0 Å². The maximum absolute atomic E-state index is 12.3. The second-order valence-electron chi connectivity index (χ2n) is 6.12. The first-order valence-corrected chi connectivity index (χ1v) is 6.54. The third-order valence-corrected chi connectivity index (χ3v) is 3.31. The highest BCUT2D eigenvalue weighted by molar-refractivity contribution is 5.85. The van der Waals surface area contributed by atoms with Crippen molar-refractivity contribution in [3.63, 3.8) is 0 Å². The van der Waals surface area contributed by atoms with Gasteiger partial charge in [-0.15, -0.1) is 0 Å². The number of carbonyl (C=O) groups excluding carboxylic acids is 1. The molecule has 0 aromatic heterocycles. The van der Waals surface area contributed by atoms with Crippen LogP contribution in [0.1, 0.15) is 38.8 Å². The molecule has 1 heterocycles. The average molecular weight is 246 g/mol. The van der Waals surface area contributed by atoms with Crippen molar-refractivity contribution in [3.05, 3.63) is 35.9 Å². The van der Waals surface area contributed by atoms with E-state index < -0.39 is 0 Å². The van der Waals surface area contributed by atoms with Crippen molar-refractivity contribution in [1.29, 1.82) is 0 Å². The molecule has 3 heteroatoms. The minimum Gasteiger partial charge on any atom is -0.328 e. The molecule has 0 bridgehead atoms. The van der Waals surface area contributed by atoms with Crippen LogP contribution >= 0.6 is 0 Å². The van der Waals surface area contributed by atoms with Crippen LogP contribution < -0.4 is 5.32 Å². The fraction of sp³-hybridized carbons (Fsp3) is 0.533. The van der Waals surface area contributed by atoms with E-state index in [1.165, 1.54) is 0 Å². The molecule has 1 N–H and O–H groups in total. The fourth-order valence-corrected chi connectivity index (χ4v) is 2.11. The predicted molar refractivity (Wildman–Crippen MR) is 73.0 cm³/mol. The van der Waals surface area contributed by atoms with E-state index in [9.17, 15) is 4.79 Å². The Bertz CT molecular complexity index is 408. The molecule has 0 radical (unpaired) electrons. The monoisotopic (exact) mass is 246 g/mol. The summed E-state index contributed by atoms with van der Waals surface area (Å²) in [6, 6.07) is 9.77. The van der Waals surface area contributed by atoms with Crippen molar-refractivity contribution < 1.29 is 4.79 Å². The molecule has 0 saturated carbocycles. The van der Waals surface area contributed by atoms with Crippen LogP contribution in [0.4, 0.5) is 0 Å². The molecular formula is C15H22N2O. The van der Waals surface area contributed by atoms with Gasteiger partial charge >= 0.3 is 0 Å². The zero-order valence-corrected chi connectivity index (χ0v) is 11.4. The molecule has 1 aromatic rings. The Morgan fingerprint density at radius 2 is 1.94 bits per heavy atom. The summed E-state index contributed by atoms with van der Waals surface area (Å²) in [6.07, 6.45) is 1.03. The molecule has 1 fully saturated rings. The largest absolute Gasteiger partial charge is 0.328 e. The summed E-state index contributed by atoms with van der Waals surface area (Å²) in [5, 5.41) is 3.29. The van der Waals surface area contributed by atoms with Crippen molar-refractivity contribution in [2.24, 2.45) is 5.41 Å². The smallest absolute Gasteiger partial charge is 0.245 e. The van der Waals surface area contributed by atoms with E-state index in [1.54, 1.807) is 0 Å². The summed E-state index contributed by atoms with van der Waals surface area (Å²) in [5.74, 6) is 0.199. The van der Waals surface area contributed by atoms with E-state index in [-0.39, 0.29) is 17.4 Å². The Kier molecular flexibility index (Phi) is 3.71. The summed E-state index contributed by atoms with van der Waals surface area (Å²) >= 11 is 0. The molecule has 0 spiro atoms. The van der Waals surface area contributed by atoms with Crippen LogP contribution in [0.25, 0.3) is 0 Å². The van der Waals surface area contributed by atoms with Crippen molar-refractivity contribution in [2.75, 3.05) is 13.2 Å². The third-order valence-electron chi connectivity index (χ3n) is 3.31. The molecule has 1 aromatic carbocycles. The first-order valence-electron chi connectivity index (χ1n) is 6.54. The van der Waals surface area contributed by atoms with Crippen LogP contribution in [0.15, 0.2) is 30.3 Å². The summed E-state index contributed by atoms with van der Waals surface area (Å²) in [4.78, 5) is 14.2. The number of hydrogen-bond acceptors (Lipinski definition) is 2. The number of rotatable bonds is 3. The summed E-state index contributed by atoms with van der Waals surface area (Å²) in [7, 11) is 0. The topological polar surface area (TPSA) is 32.3 Å². The number of amides is 1. The second kappa shape index (κ2) is 5.11. The van der Waals surface area contributed by atoms with E-state index in [0.29, 0.717) is 6.67 Å². The summed E-state index contributed by atoms with van der Waals surface area (Å²) < 4.78 is 0. The number of carbonyl (C=O) groups is 1. The van der Waals surface area contributed by atoms with Gasteiger partial charge in [-0.25, -0.2) is 0 Å². The van der Waals surface area contributed by atoms with E-state index >= 15 is 0 Å². The van der Waals surface area contributed by atoms with Gasteiger partial charge in [-0.05, 0) is 17.4 Å². The zero-order chi connectivity index (χ0) is 13.2. The molecule has 1 aliphatic rings. The molecular weight excluding hydrogens is 224 g/mol. The lowest BCUT2D eigenvalue weighted by Gasteiger charge is -2.22. The molecule has 98 valence electrons. The standard InChI is InChI=1S/C15H22N2O/c1-15(2,3)9-10-17-11-16-13(14(17)18)12-7-5-4-6-8-12/h4-8,13,16H,9-11H2,1-3H3. The fourth-order valence-electron chi connectivity index (χ4n) is 2.11. The van der Waals surface area contributed by atoms with Crippen molar-refractivity contribution in [2.45, 2.75) is 33.2 Å². The zero-order valence-electron chi connectivity index (χ0n) is 11.4. The number of benzene rings is 1. The molecule has 1 atom stereocenters. The van der Waals surface area contributed by atoms with Crippen LogP contribution in [0.2, 0.25) is 0 Å². The lowest BCUT2D eigenvalue weighted by atomic mass is 9.92. The van der Waals surface area contributed by atoms with E-state index in [2.05, 4.69) is 26.1 Å². The van der Waals surface area contributed by atoms with Gasteiger partial charge in [0, 0.05) is 6.54 Å². The first-order chi connectivity index (χ1) is 8.47. The normalized spacial score (nSPS) is 20.5. The Morgan fingerprint density at radius 3 is 2.56 bits per heavy atom. The quantitative estimate of drug-likeness (QED) is 0.889. The van der Waals surface area contributed by atoms with Gasteiger partial charge in [0.05, 0.1) is 6.67 Å². The van der Waals surface area contributed by atoms with Gasteiger partial charge in [0.25, 0.3) is 0 Å². The maximum atomic E-state index is 12.3. The van der Waals surface area contributed by atoms with Crippen molar-refractivity contribution in [3.8, 4) is 0 Å². The Hall–Kier alpha value is -1.35. The van der Waals surface area contributed by atoms with Gasteiger partial charge in [0.2, 0.25) is 5.91 Å². The maximum Gasteiger partial charge on any atom is 0.245 e. The highest BCUT2D eigenvalue weighted by Gasteiger charge is 2.32. The van der Waals surface area contributed by atoms with Gasteiger partial charge in [-0.1, -0.05) is 51.1 Å². The number of nitrogens with zero attached hydrogens (tertiary/aromatic N) is 1.